The predicted molar refractivity (Wildman–Crippen MR) is 214 cm³/mol. The molecule has 12 atom stereocenters. The highest BCUT2D eigenvalue weighted by molar-refractivity contribution is 5.46. The van der Waals surface area contributed by atoms with Crippen LogP contribution in [0.25, 0.3) is 0 Å². The molecule has 1 aliphatic carbocycles. The Morgan fingerprint density at radius 3 is 2.25 bits per heavy atom. The summed E-state index contributed by atoms with van der Waals surface area (Å²) in [7, 11) is 2.21. The van der Waals surface area contributed by atoms with Crippen molar-refractivity contribution in [3.63, 3.8) is 0 Å². The van der Waals surface area contributed by atoms with Gasteiger partial charge in [-0.1, -0.05) is 45.7 Å². The van der Waals surface area contributed by atoms with Crippen molar-refractivity contribution in [2.75, 3.05) is 51.6 Å². The molecule has 0 amide bonds. The molecule has 15 N–H and O–H groups in total. The highest BCUT2D eigenvalue weighted by atomic mass is 16.3. The maximum Gasteiger partial charge on any atom is 0.127 e. The van der Waals surface area contributed by atoms with Gasteiger partial charge in [-0.25, -0.2) is 0 Å². The van der Waals surface area contributed by atoms with Crippen LogP contribution in [0.3, 0.4) is 0 Å². The first-order valence-electron chi connectivity index (χ1n) is 20.3. The Morgan fingerprint density at radius 1 is 0.865 bits per heavy atom. The molecule has 2 aliphatic rings. The average molecular weight is 735 g/mol. The van der Waals surface area contributed by atoms with Crippen LogP contribution in [-0.2, 0) is 0 Å². The Labute approximate surface area is 315 Å². The third-order valence-electron chi connectivity index (χ3n) is 11.9. The number of benzene rings is 1. The van der Waals surface area contributed by atoms with Gasteiger partial charge in [0, 0.05) is 68.6 Å². The molecular formula is C39H78N10O3. The number of likely N-dealkylation sites (N-methyl/N-ethyl adjacent to an activating group) is 1. The van der Waals surface area contributed by atoms with Crippen molar-refractivity contribution in [2.45, 2.75) is 141 Å². The number of aliphatic hydroxyl groups is 3. The number of rotatable bonds is 16. The van der Waals surface area contributed by atoms with Crippen molar-refractivity contribution in [1.82, 2.24) is 31.5 Å². The van der Waals surface area contributed by atoms with Crippen molar-refractivity contribution in [2.24, 2.45) is 40.9 Å². The number of aliphatic hydroxyl groups excluding tert-OH is 3. The van der Waals surface area contributed by atoms with Crippen LogP contribution in [0, 0.1) is 23.7 Å². The Kier molecular flexibility index (Phi) is 20.3. The number of fused-ring (bicyclic) bond motifs is 1. The van der Waals surface area contributed by atoms with Gasteiger partial charge in [-0.05, 0) is 107 Å². The fourth-order valence-corrected chi connectivity index (χ4v) is 8.29. The minimum absolute atomic E-state index is 0.00245. The summed E-state index contributed by atoms with van der Waals surface area (Å²) in [6.45, 7) is 16.4. The summed E-state index contributed by atoms with van der Waals surface area (Å²) in [4.78, 5) is 2.42. The van der Waals surface area contributed by atoms with Gasteiger partial charge < -0.3 is 52.5 Å². The van der Waals surface area contributed by atoms with Crippen molar-refractivity contribution in [1.29, 1.82) is 0 Å². The zero-order valence-corrected chi connectivity index (χ0v) is 33.2. The van der Waals surface area contributed by atoms with Crippen LogP contribution in [0.4, 0.5) is 5.69 Å². The van der Waals surface area contributed by atoms with E-state index in [0.29, 0.717) is 43.6 Å². The lowest BCUT2D eigenvalue weighted by molar-refractivity contribution is 0.0460. The summed E-state index contributed by atoms with van der Waals surface area (Å²) in [6, 6.07) is 9.59. The largest absolute Gasteiger partial charge is 0.388 e. The first-order valence-corrected chi connectivity index (χ1v) is 20.3. The van der Waals surface area contributed by atoms with E-state index in [2.05, 4.69) is 78.5 Å². The lowest BCUT2D eigenvalue weighted by Crippen LogP contribution is -2.54. The van der Waals surface area contributed by atoms with E-state index in [0.717, 1.165) is 56.8 Å². The summed E-state index contributed by atoms with van der Waals surface area (Å²) < 4.78 is 0. The molecule has 0 bridgehead atoms. The quantitative estimate of drug-likeness (QED) is 0.108. The van der Waals surface area contributed by atoms with E-state index in [-0.39, 0.29) is 29.7 Å². The second-order valence-electron chi connectivity index (χ2n) is 16.5. The van der Waals surface area contributed by atoms with E-state index in [9.17, 15) is 15.3 Å². The number of anilines is 1. The van der Waals surface area contributed by atoms with E-state index < -0.39 is 24.8 Å². The summed E-state index contributed by atoms with van der Waals surface area (Å²) >= 11 is 0. The molecule has 1 saturated heterocycles. The van der Waals surface area contributed by atoms with Crippen LogP contribution in [0.1, 0.15) is 97.7 Å². The van der Waals surface area contributed by atoms with Gasteiger partial charge in [0.2, 0.25) is 0 Å². The molecule has 52 heavy (non-hydrogen) atoms. The van der Waals surface area contributed by atoms with Crippen molar-refractivity contribution >= 4 is 5.69 Å². The predicted octanol–water partition coefficient (Wildman–Crippen LogP) is 1.36. The van der Waals surface area contributed by atoms with E-state index in [1.807, 2.05) is 24.3 Å². The summed E-state index contributed by atoms with van der Waals surface area (Å²) in [6.07, 6.45) is 4.49. The van der Waals surface area contributed by atoms with E-state index in [1.165, 1.54) is 25.7 Å². The summed E-state index contributed by atoms with van der Waals surface area (Å²) in [5.41, 5.74) is 18.9. The molecule has 0 aromatic heterocycles. The van der Waals surface area contributed by atoms with Crippen LogP contribution in [0.2, 0.25) is 0 Å². The fraction of sp³-hybridized carbons (Fsp3) is 0.846. The molecule has 0 radical (unpaired) electrons. The van der Waals surface area contributed by atoms with Crippen LogP contribution in [0.15, 0.2) is 24.3 Å². The zero-order chi connectivity index (χ0) is 38.2. The lowest BCUT2D eigenvalue weighted by Gasteiger charge is -2.35. The third-order valence-corrected chi connectivity index (χ3v) is 11.9. The lowest BCUT2D eigenvalue weighted by atomic mass is 9.75. The van der Waals surface area contributed by atoms with Gasteiger partial charge in [-0.2, -0.15) is 0 Å². The summed E-state index contributed by atoms with van der Waals surface area (Å²) in [5, 5.41) is 54.3. The Balaban J connectivity index is 1.56. The number of nitrogens with two attached hydrogens (primary N) is 3. The normalized spacial score (nSPS) is 28.8. The maximum absolute atomic E-state index is 11.2. The Hall–Kier alpha value is -1.46. The molecule has 2 fully saturated rings. The maximum atomic E-state index is 11.2. The molecule has 1 aromatic rings. The first kappa shape index (κ1) is 44.9. The molecule has 302 valence electrons. The summed E-state index contributed by atoms with van der Waals surface area (Å²) in [5.74, 6) is 0.372. The van der Waals surface area contributed by atoms with Gasteiger partial charge in [-0.15, -0.1) is 0 Å². The molecule has 5 unspecified atom stereocenters. The molecule has 1 aliphatic heterocycles. The number of hydrogen-bond donors (Lipinski definition) is 12. The SMILES string of the molecule is CC(C[C@@H](C)C(C)C(CC(O)NCC[C@H]1CN[C@@H]2CCCC[C@H]2NCCN[C@@H](C)CN(C)[C@H](C)CN1)C[C@H](N)O)C(O)c1cccc(NC(N)N)c1. The first-order chi connectivity index (χ1) is 24.7. The zero-order valence-electron chi connectivity index (χ0n) is 33.2. The van der Waals surface area contributed by atoms with Gasteiger partial charge >= 0.3 is 0 Å². The number of nitrogens with one attached hydrogen (secondary N) is 6. The highest BCUT2D eigenvalue weighted by Crippen LogP contribution is 2.35. The van der Waals surface area contributed by atoms with Gasteiger partial charge in [0.1, 0.15) is 18.7 Å². The van der Waals surface area contributed by atoms with E-state index in [4.69, 9.17) is 17.2 Å². The molecule has 1 aromatic carbocycles. The average Bonchev–Trinajstić information content (AvgIpc) is 3.09. The van der Waals surface area contributed by atoms with Crippen LogP contribution >= 0.6 is 0 Å². The number of hydrogen-bond acceptors (Lipinski definition) is 13. The van der Waals surface area contributed by atoms with Crippen molar-refractivity contribution in [3.05, 3.63) is 29.8 Å². The minimum Gasteiger partial charge on any atom is -0.388 e. The second-order valence-corrected chi connectivity index (χ2v) is 16.5. The monoisotopic (exact) mass is 735 g/mol. The number of nitrogens with zero attached hydrogens (tertiary/aromatic N) is 1. The van der Waals surface area contributed by atoms with Gasteiger partial charge in [0.15, 0.2) is 0 Å². The van der Waals surface area contributed by atoms with E-state index in [1.54, 1.807) is 0 Å². The topological polar surface area (TPSA) is 214 Å². The van der Waals surface area contributed by atoms with Gasteiger partial charge in [0.05, 0.1) is 6.10 Å². The van der Waals surface area contributed by atoms with Crippen LogP contribution in [0.5, 0.6) is 0 Å². The molecule has 3 rings (SSSR count). The molecule has 13 heteroatoms. The molecular weight excluding hydrogens is 656 g/mol. The van der Waals surface area contributed by atoms with Crippen molar-refractivity contribution in [3.8, 4) is 0 Å². The highest BCUT2D eigenvalue weighted by Gasteiger charge is 2.30. The molecule has 0 spiro atoms. The van der Waals surface area contributed by atoms with Crippen LogP contribution in [-0.4, -0.2) is 115 Å². The molecule has 1 saturated carbocycles. The third kappa shape index (κ3) is 16.1. The van der Waals surface area contributed by atoms with Gasteiger partial charge in [-0.3, -0.25) is 16.8 Å². The van der Waals surface area contributed by atoms with Crippen LogP contribution < -0.4 is 49.1 Å². The minimum atomic E-state index is -0.958. The molecule has 13 nitrogen and oxygen atoms in total. The van der Waals surface area contributed by atoms with Crippen molar-refractivity contribution < 1.29 is 15.3 Å². The smallest absolute Gasteiger partial charge is 0.127 e. The standard InChI is InChI=1S/C39H78N10O3/c1-25(18-26(2)38(52)30-10-9-11-32(19-30)48-39(41)42)29(5)31(20-36(40)50)21-37(51)45-15-14-33-23-47-35-13-8-7-12-34(35)44-17-16-43-27(3)24-49(6)28(4)22-46-33/h9-11,19,25-29,31,33-39,43-48,50-52H,7-8,12-18,20-24,40-42H2,1-6H3/t25-,26?,27+,28-,29?,31?,33+,34-,35-,36-,37?,38?/m1/s1. The Bertz CT molecular complexity index is 1100. The molecule has 1 heterocycles. The van der Waals surface area contributed by atoms with E-state index >= 15 is 0 Å². The fourth-order valence-electron chi connectivity index (χ4n) is 8.29. The second kappa shape index (κ2) is 23.5. The van der Waals surface area contributed by atoms with Gasteiger partial charge in [0.25, 0.3) is 0 Å². The Morgan fingerprint density at radius 2 is 1.56 bits per heavy atom.